The minimum absolute atomic E-state index is 0.219. The first-order valence-corrected chi connectivity index (χ1v) is 5.57. The molecule has 0 radical (unpaired) electrons. The third-order valence-electron chi connectivity index (χ3n) is 2.32. The number of rotatable bonds is 5. The van der Waals surface area contributed by atoms with Crippen LogP contribution in [-0.2, 0) is 9.53 Å². The van der Waals surface area contributed by atoms with E-state index in [2.05, 4.69) is 11.8 Å². The zero-order chi connectivity index (χ0) is 11.1. The standard InChI is InChI=1S/C12H19NO2/c1-3-5-8-13-9-6-11(7-10-13)12(14)15-4-2/h6-7,9H,3-5,8,10H2,1-2H3. The van der Waals surface area contributed by atoms with Gasteiger partial charge in [0.05, 0.1) is 12.2 Å². The second kappa shape index (κ2) is 6.27. The monoisotopic (exact) mass is 209 g/mol. The van der Waals surface area contributed by atoms with E-state index in [1.807, 2.05) is 25.3 Å². The number of hydrogen-bond acceptors (Lipinski definition) is 3. The summed E-state index contributed by atoms with van der Waals surface area (Å²) in [6, 6.07) is 0. The maximum atomic E-state index is 11.4. The molecule has 0 spiro atoms. The van der Waals surface area contributed by atoms with E-state index in [1.54, 1.807) is 0 Å². The number of carbonyl (C=O) groups is 1. The van der Waals surface area contributed by atoms with Gasteiger partial charge in [-0.1, -0.05) is 19.4 Å². The van der Waals surface area contributed by atoms with Gasteiger partial charge in [-0.05, 0) is 19.4 Å². The van der Waals surface area contributed by atoms with Crippen molar-refractivity contribution >= 4 is 5.97 Å². The van der Waals surface area contributed by atoms with Crippen LogP contribution in [0.5, 0.6) is 0 Å². The van der Waals surface area contributed by atoms with Gasteiger partial charge in [0.15, 0.2) is 0 Å². The summed E-state index contributed by atoms with van der Waals surface area (Å²) >= 11 is 0. The smallest absolute Gasteiger partial charge is 0.337 e. The Kier molecular flexibility index (Phi) is 4.95. The summed E-state index contributed by atoms with van der Waals surface area (Å²) in [5.41, 5.74) is 0.671. The lowest BCUT2D eigenvalue weighted by molar-refractivity contribution is -0.138. The van der Waals surface area contributed by atoms with Crippen molar-refractivity contribution in [1.29, 1.82) is 0 Å². The summed E-state index contributed by atoms with van der Waals surface area (Å²) in [7, 11) is 0. The van der Waals surface area contributed by atoms with Gasteiger partial charge >= 0.3 is 5.97 Å². The summed E-state index contributed by atoms with van der Waals surface area (Å²) in [6.45, 7) is 6.29. The van der Waals surface area contributed by atoms with Gasteiger partial charge in [0, 0.05) is 19.3 Å². The van der Waals surface area contributed by atoms with Gasteiger partial charge in [-0.2, -0.15) is 0 Å². The fourth-order valence-corrected chi connectivity index (χ4v) is 1.42. The fraction of sp³-hybridized carbons (Fsp3) is 0.583. The molecular formula is C12H19NO2. The van der Waals surface area contributed by atoms with Crippen LogP contribution in [0, 0.1) is 0 Å². The largest absolute Gasteiger partial charge is 0.462 e. The summed E-state index contributed by atoms with van der Waals surface area (Å²) in [5.74, 6) is -0.219. The highest BCUT2D eigenvalue weighted by atomic mass is 16.5. The Balaban J connectivity index is 2.39. The van der Waals surface area contributed by atoms with Gasteiger partial charge < -0.3 is 9.64 Å². The first kappa shape index (κ1) is 11.8. The van der Waals surface area contributed by atoms with Gasteiger partial charge in [0.2, 0.25) is 0 Å². The molecule has 0 aromatic rings. The predicted molar refractivity (Wildman–Crippen MR) is 60.3 cm³/mol. The van der Waals surface area contributed by atoms with E-state index in [-0.39, 0.29) is 5.97 Å². The number of unbranched alkanes of at least 4 members (excludes halogenated alkanes) is 1. The van der Waals surface area contributed by atoms with E-state index in [1.165, 1.54) is 12.8 Å². The lowest BCUT2D eigenvalue weighted by Crippen LogP contribution is -2.22. The minimum atomic E-state index is -0.219. The molecule has 1 aliphatic rings. The van der Waals surface area contributed by atoms with E-state index in [0.717, 1.165) is 13.1 Å². The first-order chi connectivity index (χ1) is 7.27. The van der Waals surface area contributed by atoms with Crippen LogP contribution in [0.2, 0.25) is 0 Å². The highest BCUT2D eigenvalue weighted by molar-refractivity contribution is 5.91. The summed E-state index contributed by atoms with van der Waals surface area (Å²) in [6.07, 6.45) is 8.11. The third kappa shape index (κ3) is 3.78. The highest BCUT2D eigenvalue weighted by Gasteiger charge is 2.11. The molecule has 0 amide bonds. The molecular weight excluding hydrogens is 190 g/mol. The van der Waals surface area contributed by atoms with Crippen molar-refractivity contribution in [3.63, 3.8) is 0 Å². The molecule has 0 bridgehead atoms. The molecule has 3 heteroatoms. The number of nitrogens with zero attached hydrogens (tertiary/aromatic N) is 1. The van der Waals surface area contributed by atoms with Crippen molar-refractivity contribution in [2.75, 3.05) is 19.7 Å². The van der Waals surface area contributed by atoms with Gasteiger partial charge in [-0.25, -0.2) is 4.79 Å². The van der Waals surface area contributed by atoms with Gasteiger partial charge in [0.1, 0.15) is 0 Å². The van der Waals surface area contributed by atoms with E-state index >= 15 is 0 Å². The highest BCUT2D eigenvalue weighted by Crippen LogP contribution is 2.09. The van der Waals surface area contributed by atoms with Crippen LogP contribution in [0.25, 0.3) is 0 Å². The molecule has 0 atom stereocenters. The molecule has 0 N–H and O–H groups in total. The summed E-state index contributed by atoms with van der Waals surface area (Å²) < 4.78 is 4.92. The molecule has 0 aromatic heterocycles. The Hall–Kier alpha value is -1.25. The molecule has 0 fully saturated rings. The van der Waals surface area contributed by atoms with E-state index < -0.39 is 0 Å². The van der Waals surface area contributed by atoms with Gasteiger partial charge in [-0.15, -0.1) is 0 Å². The molecule has 0 saturated carbocycles. The zero-order valence-corrected chi connectivity index (χ0v) is 9.53. The molecule has 3 nitrogen and oxygen atoms in total. The van der Waals surface area contributed by atoms with Crippen LogP contribution in [0.1, 0.15) is 26.7 Å². The minimum Gasteiger partial charge on any atom is -0.462 e. The van der Waals surface area contributed by atoms with Crippen molar-refractivity contribution in [3.05, 3.63) is 23.9 Å². The molecule has 1 aliphatic heterocycles. The Morgan fingerprint density at radius 1 is 1.53 bits per heavy atom. The van der Waals surface area contributed by atoms with E-state index in [4.69, 9.17) is 4.74 Å². The average Bonchev–Trinajstić information content (AvgIpc) is 2.27. The third-order valence-corrected chi connectivity index (χ3v) is 2.32. The van der Waals surface area contributed by atoms with Crippen LogP contribution in [0.4, 0.5) is 0 Å². The van der Waals surface area contributed by atoms with Crippen LogP contribution >= 0.6 is 0 Å². The van der Waals surface area contributed by atoms with Crippen LogP contribution < -0.4 is 0 Å². The number of ether oxygens (including phenoxy) is 1. The number of esters is 1. The van der Waals surface area contributed by atoms with Crippen LogP contribution in [0.15, 0.2) is 23.9 Å². The molecule has 0 aliphatic carbocycles. The predicted octanol–water partition coefficient (Wildman–Crippen LogP) is 2.11. The lowest BCUT2D eigenvalue weighted by Gasteiger charge is -2.21. The first-order valence-electron chi connectivity index (χ1n) is 5.57. The Morgan fingerprint density at radius 3 is 2.87 bits per heavy atom. The van der Waals surface area contributed by atoms with Crippen molar-refractivity contribution < 1.29 is 9.53 Å². The molecule has 0 saturated heterocycles. The normalized spacial score (nSPS) is 15.1. The molecule has 1 rings (SSSR count). The Bertz CT molecular complexity index is 269. The average molecular weight is 209 g/mol. The van der Waals surface area contributed by atoms with E-state index in [0.29, 0.717) is 12.2 Å². The SMILES string of the molecule is CCCCN1C=CC(C(=O)OCC)=CC1. The summed E-state index contributed by atoms with van der Waals surface area (Å²) in [4.78, 5) is 13.6. The van der Waals surface area contributed by atoms with Crippen LogP contribution in [0.3, 0.4) is 0 Å². The van der Waals surface area contributed by atoms with Gasteiger partial charge in [-0.3, -0.25) is 0 Å². The van der Waals surface area contributed by atoms with Crippen molar-refractivity contribution in [1.82, 2.24) is 4.90 Å². The van der Waals surface area contributed by atoms with Crippen LogP contribution in [-0.4, -0.2) is 30.6 Å². The Morgan fingerprint density at radius 2 is 2.33 bits per heavy atom. The summed E-state index contributed by atoms with van der Waals surface area (Å²) in [5, 5.41) is 0. The van der Waals surface area contributed by atoms with E-state index in [9.17, 15) is 4.79 Å². The maximum absolute atomic E-state index is 11.4. The number of hydrogen-bond donors (Lipinski definition) is 0. The molecule has 1 heterocycles. The maximum Gasteiger partial charge on any atom is 0.337 e. The Labute approximate surface area is 91.4 Å². The molecule has 84 valence electrons. The second-order valence-electron chi connectivity index (χ2n) is 3.54. The zero-order valence-electron chi connectivity index (χ0n) is 9.53. The van der Waals surface area contributed by atoms with Crippen molar-refractivity contribution in [2.24, 2.45) is 0 Å². The lowest BCUT2D eigenvalue weighted by atomic mass is 10.2. The quantitative estimate of drug-likeness (QED) is 0.649. The molecule has 0 unspecified atom stereocenters. The molecule has 0 aromatic carbocycles. The van der Waals surface area contributed by atoms with Crippen molar-refractivity contribution in [2.45, 2.75) is 26.7 Å². The van der Waals surface area contributed by atoms with Crippen molar-refractivity contribution in [3.8, 4) is 0 Å². The second-order valence-corrected chi connectivity index (χ2v) is 3.54. The molecule has 15 heavy (non-hydrogen) atoms. The topological polar surface area (TPSA) is 29.5 Å². The fourth-order valence-electron chi connectivity index (χ4n) is 1.42. The number of carbonyl (C=O) groups excluding carboxylic acids is 1. The van der Waals surface area contributed by atoms with Gasteiger partial charge in [0.25, 0.3) is 0 Å².